The third kappa shape index (κ3) is 5.30. The number of carbonyl (C=O) groups excluding carboxylic acids is 1. The molecule has 19 heavy (non-hydrogen) atoms. The fourth-order valence-corrected chi connectivity index (χ4v) is 2.23. The van der Waals surface area contributed by atoms with Crippen molar-refractivity contribution in [2.75, 3.05) is 19.8 Å². The van der Waals surface area contributed by atoms with E-state index in [1.54, 1.807) is 0 Å². The molecule has 0 aromatic heterocycles. The number of benzene rings is 1. The van der Waals surface area contributed by atoms with Gasteiger partial charge in [0.1, 0.15) is 0 Å². The van der Waals surface area contributed by atoms with Gasteiger partial charge >= 0.3 is 0 Å². The topological polar surface area (TPSA) is 66.5 Å². The first kappa shape index (κ1) is 16.1. The summed E-state index contributed by atoms with van der Waals surface area (Å²) in [5.41, 5.74) is 0.949. The maximum Gasteiger partial charge on any atom is 0.235 e. The second-order valence-corrected chi connectivity index (χ2v) is 7.37. The average Bonchev–Trinajstić information content (AvgIpc) is 2.27. The lowest BCUT2D eigenvalue weighted by atomic mass is 10.1. The average molecular weight is 349 g/mol. The van der Waals surface area contributed by atoms with Crippen LogP contribution in [0.25, 0.3) is 0 Å². The van der Waals surface area contributed by atoms with Crippen LogP contribution in [0.15, 0.2) is 28.7 Å². The fourth-order valence-electron chi connectivity index (χ4n) is 1.47. The van der Waals surface area contributed by atoms with Gasteiger partial charge in [-0.3, -0.25) is 4.79 Å². The van der Waals surface area contributed by atoms with Gasteiger partial charge in [0.2, 0.25) is 15.9 Å². The zero-order valence-electron chi connectivity index (χ0n) is 11.1. The highest BCUT2D eigenvalue weighted by atomic mass is 79.9. The summed E-state index contributed by atoms with van der Waals surface area (Å²) in [6.07, 6.45) is 1.07. The van der Waals surface area contributed by atoms with Crippen molar-refractivity contribution in [2.24, 2.45) is 0 Å². The number of amides is 1. The second kappa shape index (κ2) is 6.49. The van der Waals surface area contributed by atoms with Gasteiger partial charge in [-0.05, 0) is 24.6 Å². The molecule has 1 atom stereocenters. The minimum Gasteiger partial charge on any atom is -0.348 e. The first-order valence-corrected chi connectivity index (χ1v) is 8.30. The largest absolute Gasteiger partial charge is 0.348 e. The minimum atomic E-state index is -3.34. The van der Waals surface area contributed by atoms with Crippen LogP contribution in [0, 0.1) is 0 Å². The predicted octanol–water partition coefficient (Wildman–Crippen LogP) is 1.52. The summed E-state index contributed by atoms with van der Waals surface area (Å²) in [7, 11) is -1.97. The number of likely N-dealkylation sites (N-methyl/N-ethyl adjacent to an activating group) is 1. The van der Waals surface area contributed by atoms with E-state index in [-0.39, 0.29) is 18.5 Å². The van der Waals surface area contributed by atoms with Gasteiger partial charge < -0.3 is 5.32 Å². The molecule has 5 nitrogen and oxygen atoms in total. The van der Waals surface area contributed by atoms with Crippen LogP contribution in [0.5, 0.6) is 0 Å². The van der Waals surface area contributed by atoms with Crippen molar-refractivity contribution in [1.29, 1.82) is 0 Å². The summed E-state index contributed by atoms with van der Waals surface area (Å²) in [6.45, 7) is 1.66. The van der Waals surface area contributed by atoms with E-state index in [4.69, 9.17) is 0 Å². The number of rotatable bonds is 5. The van der Waals surface area contributed by atoms with Crippen LogP contribution in [0.4, 0.5) is 0 Å². The molecule has 0 bridgehead atoms. The summed E-state index contributed by atoms with van der Waals surface area (Å²) in [4.78, 5) is 11.7. The summed E-state index contributed by atoms with van der Waals surface area (Å²) in [5, 5.41) is 2.76. The Hall–Kier alpha value is -0.920. The molecule has 0 fully saturated rings. The van der Waals surface area contributed by atoms with Gasteiger partial charge in [0.05, 0.1) is 18.8 Å². The predicted molar refractivity (Wildman–Crippen MR) is 78.2 cm³/mol. The van der Waals surface area contributed by atoms with Crippen LogP contribution in [0.3, 0.4) is 0 Å². The van der Waals surface area contributed by atoms with Crippen molar-refractivity contribution in [3.8, 4) is 0 Å². The van der Waals surface area contributed by atoms with E-state index in [1.165, 1.54) is 7.05 Å². The highest BCUT2D eigenvalue weighted by Gasteiger charge is 2.16. The smallest absolute Gasteiger partial charge is 0.235 e. The Kier molecular flexibility index (Phi) is 5.51. The molecular weight excluding hydrogens is 332 g/mol. The molecule has 0 radical (unpaired) electrons. The van der Waals surface area contributed by atoms with Crippen molar-refractivity contribution in [3.63, 3.8) is 0 Å². The van der Waals surface area contributed by atoms with E-state index in [1.807, 2.05) is 31.2 Å². The second-order valence-electron chi connectivity index (χ2n) is 4.36. The third-order valence-electron chi connectivity index (χ3n) is 2.66. The maximum atomic E-state index is 11.7. The molecule has 0 aliphatic carbocycles. The molecule has 0 heterocycles. The number of carbonyl (C=O) groups is 1. The molecule has 0 unspecified atom stereocenters. The van der Waals surface area contributed by atoms with E-state index in [9.17, 15) is 13.2 Å². The van der Waals surface area contributed by atoms with Gasteiger partial charge in [0.15, 0.2) is 0 Å². The Bertz CT molecular complexity index is 560. The molecule has 7 heteroatoms. The van der Waals surface area contributed by atoms with Crippen molar-refractivity contribution < 1.29 is 13.2 Å². The van der Waals surface area contributed by atoms with E-state index in [0.717, 1.165) is 20.6 Å². The van der Waals surface area contributed by atoms with Crippen LogP contribution in [-0.4, -0.2) is 38.5 Å². The molecule has 1 aromatic carbocycles. The number of nitrogens with zero attached hydrogens (tertiary/aromatic N) is 1. The first-order valence-electron chi connectivity index (χ1n) is 5.66. The summed E-state index contributed by atoms with van der Waals surface area (Å²) >= 11 is 3.36. The van der Waals surface area contributed by atoms with Crippen LogP contribution in [0.1, 0.15) is 18.5 Å². The van der Waals surface area contributed by atoms with E-state index >= 15 is 0 Å². The van der Waals surface area contributed by atoms with Crippen molar-refractivity contribution >= 4 is 31.9 Å². The maximum absolute atomic E-state index is 11.7. The number of halogens is 1. The molecular formula is C12H17BrN2O3S. The van der Waals surface area contributed by atoms with Crippen molar-refractivity contribution in [3.05, 3.63) is 34.3 Å². The van der Waals surface area contributed by atoms with Crippen LogP contribution >= 0.6 is 15.9 Å². The molecule has 0 aliphatic rings. The zero-order valence-corrected chi connectivity index (χ0v) is 13.5. The van der Waals surface area contributed by atoms with Gasteiger partial charge in [0.25, 0.3) is 0 Å². The first-order chi connectivity index (χ1) is 8.70. The van der Waals surface area contributed by atoms with Gasteiger partial charge in [-0.1, -0.05) is 28.1 Å². The lowest BCUT2D eigenvalue weighted by Crippen LogP contribution is -2.38. The third-order valence-corrected chi connectivity index (χ3v) is 4.41. The van der Waals surface area contributed by atoms with Crippen LogP contribution in [-0.2, 0) is 14.8 Å². The van der Waals surface area contributed by atoms with Crippen LogP contribution < -0.4 is 5.32 Å². The Morgan fingerprint density at radius 3 is 2.63 bits per heavy atom. The normalized spacial score (nSPS) is 13.3. The van der Waals surface area contributed by atoms with Crippen LogP contribution in [0.2, 0.25) is 0 Å². The summed E-state index contributed by atoms with van der Waals surface area (Å²) in [5.74, 6) is -0.333. The number of hydrogen-bond donors (Lipinski definition) is 1. The fraction of sp³-hybridized carbons (Fsp3) is 0.417. The number of hydrogen-bond acceptors (Lipinski definition) is 3. The Morgan fingerprint density at radius 1 is 1.47 bits per heavy atom. The molecule has 1 N–H and O–H groups in total. The van der Waals surface area contributed by atoms with Crippen molar-refractivity contribution in [2.45, 2.75) is 13.0 Å². The lowest BCUT2D eigenvalue weighted by Gasteiger charge is -2.18. The molecule has 0 aliphatic heterocycles. The SMILES string of the molecule is C[C@@H](NC(=O)CN(C)S(C)(=O)=O)c1cccc(Br)c1. The Labute approximate surface area is 122 Å². The summed E-state index contributed by atoms with van der Waals surface area (Å²) < 4.78 is 24.4. The highest BCUT2D eigenvalue weighted by Crippen LogP contribution is 2.17. The quantitative estimate of drug-likeness (QED) is 0.877. The highest BCUT2D eigenvalue weighted by molar-refractivity contribution is 9.10. The molecule has 1 amide bonds. The van der Waals surface area contributed by atoms with E-state index < -0.39 is 10.0 Å². The molecule has 0 saturated heterocycles. The molecule has 1 aromatic rings. The monoisotopic (exact) mass is 348 g/mol. The Morgan fingerprint density at radius 2 is 2.11 bits per heavy atom. The standard InChI is InChI=1S/C12H17BrN2O3S/c1-9(10-5-4-6-11(13)7-10)14-12(16)8-15(2)19(3,17)18/h4-7,9H,8H2,1-3H3,(H,14,16)/t9-/m1/s1. The van der Waals surface area contributed by atoms with Gasteiger partial charge in [-0.15, -0.1) is 0 Å². The van der Waals surface area contributed by atoms with Gasteiger partial charge in [0, 0.05) is 11.5 Å². The molecule has 0 saturated carbocycles. The van der Waals surface area contributed by atoms with Crippen molar-refractivity contribution in [1.82, 2.24) is 9.62 Å². The zero-order chi connectivity index (χ0) is 14.6. The minimum absolute atomic E-state index is 0.182. The summed E-state index contributed by atoms with van der Waals surface area (Å²) in [6, 6.07) is 7.40. The lowest BCUT2D eigenvalue weighted by molar-refractivity contribution is -0.121. The molecule has 1 rings (SSSR count). The van der Waals surface area contributed by atoms with Gasteiger partial charge in [-0.2, -0.15) is 4.31 Å². The number of sulfonamides is 1. The molecule has 0 spiro atoms. The molecule has 106 valence electrons. The van der Waals surface area contributed by atoms with E-state index in [0.29, 0.717) is 0 Å². The van der Waals surface area contributed by atoms with Gasteiger partial charge in [-0.25, -0.2) is 8.42 Å². The number of nitrogens with one attached hydrogen (secondary N) is 1. The Balaban J connectivity index is 2.63. The van der Waals surface area contributed by atoms with E-state index in [2.05, 4.69) is 21.2 Å².